The lowest BCUT2D eigenvalue weighted by Gasteiger charge is -2.26. The molecule has 1 aromatic carbocycles. The Morgan fingerprint density at radius 1 is 1.45 bits per heavy atom. The summed E-state index contributed by atoms with van der Waals surface area (Å²) in [6, 6.07) is 7.51. The minimum atomic E-state index is -0.325. The fourth-order valence-electron chi connectivity index (χ4n) is 2.52. The fourth-order valence-corrected chi connectivity index (χ4v) is 2.64. The minimum Gasteiger partial charge on any atom is -0.445 e. The molecule has 1 aliphatic heterocycles. The van der Waals surface area contributed by atoms with Crippen molar-refractivity contribution in [2.45, 2.75) is 13.0 Å². The highest BCUT2D eigenvalue weighted by atomic mass is 35.5. The van der Waals surface area contributed by atoms with Gasteiger partial charge in [-0.15, -0.1) is 0 Å². The summed E-state index contributed by atoms with van der Waals surface area (Å²) in [5.41, 5.74) is 3.93. The molecule has 0 saturated heterocycles. The van der Waals surface area contributed by atoms with Gasteiger partial charge in [0, 0.05) is 34.8 Å². The maximum absolute atomic E-state index is 12.0. The smallest absolute Gasteiger partial charge is 0.410 e. The van der Waals surface area contributed by atoms with Crippen molar-refractivity contribution in [3.8, 4) is 11.3 Å². The second-order valence-electron chi connectivity index (χ2n) is 5.07. The number of halogens is 1. The first kappa shape index (κ1) is 14.7. The molecule has 3 rings (SSSR count). The second kappa shape index (κ2) is 6.23. The van der Waals surface area contributed by atoms with E-state index in [9.17, 15) is 4.79 Å². The van der Waals surface area contributed by atoms with E-state index in [0.29, 0.717) is 18.1 Å². The summed E-state index contributed by atoms with van der Waals surface area (Å²) in [4.78, 5) is 13.7. The van der Waals surface area contributed by atoms with Crippen molar-refractivity contribution < 1.29 is 9.53 Å². The molecule has 0 bridgehead atoms. The van der Waals surface area contributed by atoms with Gasteiger partial charge in [-0.1, -0.05) is 36.4 Å². The lowest BCUT2D eigenvalue weighted by molar-refractivity contribution is 0.107. The lowest BCUT2D eigenvalue weighted by Crippen LogP contribution is -2.36. The molecule has 0 radical (unpaired) electrons. The van der Waals surface area contributed by atoms with E-state index in [1.165, 1.54) is 0 Å². The van der Waals surface area contributed by atoms with Crippen molar-refractivity contribution in [2.24, 2.45) is 0 Å². The SMILES string of the molecule is C=CCOC(=O)N1CCc2[nH]nc(-c3ccc(Cl)cc3)c2C1. The van der Waals surface area contributed by atoms with Crippen molar-refractivity contribution in [1.82, 2.24) is 15.1 Å². The van der Waals surface area contributed by atoms with E-state index in [1.54, 1.807) is 11.0 Å². The molecule has 1 aliphatic rings. The summed E-state index contributed by atoms with van der Waals surface area (Å²) in [5, 5.41) is 8.14. The van der Waals surface area contributed by atoms with Gasteiger partial charge in [0.05, 0.1) is 12.2 Å². The topological polar surface area (TPSA) is 58.2 Å². The number of H-pyrrole nitrogens is 1. The summed E-state index contributed by atoms with van der Waals surface area (Å²) in [6.07, 6.45) is 1.97. The molecule has 2 aromatic rings. The number of fused-ring (bicyclic) bond motifs is 1. The van der Waals surface area contributed by atoms with Crippen LogP contribution in [0.1, 0.15) is 11.3 Å². The predicted molar refractivity (Wildman–Crippen MR) is 84.7 cm³/mol. The third kappa shape index (κ3) is 2.85. The molecule has 0 spiro atoms. The molecule has 1 amide bonds. The zero-order chi connectivity index (χ0) is 15.5. The number of hydrogen-bond donors (Lipinski definition) is 1. The molecule has 0 unspecified atom stereocenters. The van der Waals surface area contributed by atoms with Crippen LogP contribution in [0.5, 0.6) is 0 Å². The van der Waals surface area contributed by atoms with Gasteiger partial charge in [-0.2, -0.15) is 5.10 Å². The van der Waals surface area contributed by atoms with Crippen molar-refractivity contribution >= 4 is 17.7 Å². The van der Waals surface area contributed by atoms with Gasteiger partial charge in [-0.25, -0.2) is 4.79 Å². The summed E-state index contributed by atoms with van der Waals surface area (Å²) in [7, 11) is 0. The van der Waals surface area contributed by atoms with Crippen LogP contribution in [0.15, 0.2) is 36.9 Å². The number of aromatic nitrogens is 2. The van der Waals surface area contributed by atoms with Crippen LogP contribution in [0.25, 0.3) is 11.3 Å². The summed E-state index contributed by atoms with van der Waals surface area (Å²) >= 11 is 5.92. The number of ether oxygens (including phenoxy) is 1. The zero-order valence-corrected chi connectivity index (χ0v) is 12.8. The number of carbonyl (C=O) groups is 1. The first-order valence-corrected chi connectivity index (χ1v) is 7.41. The van der Waals surface area contributed by atoms with Crippen molar-refractivity contribution in [3.05, 3.63) is 53.2 Å². The number of aromatic amines is 1. The van der Waals surface area contributed by atoms with Gasteiger partial charge in [-0.3, -0.25) is 5.10 Å². The highest BCUT2D eigenvalue weighted by Crippen LogP contribution is 2.29. The van der Waals surface area contributed by atoms with E-state index >= 15 is 0 Å². The highest BCUT2D eigenvalue weighted by molar-refractivity contribution is 6.30. The third-order valence-electron chi connectivity index (χ3n) is 3.63. The van der Waals surface area contributed by atoms with Crippen LogP contribution in [0.3, 0.4) is 0 Å². The highest BCUT2D eigenvalue weighted by Gasteiger charge is 2.26. The van der Waals surface area contributed by atoms with Gasteiger partial charge in [0.15, 0.2) is 0 Å². The molecule has 0 aliphatic carbocycles. The van der Waals surface area contributed by atoms with Gasteiger partial charge in [0.25, 0.3) is 0 Å². The zero-order valence-electron chi connectivity index (χ0n) is 12.0. The van der Waals surface area contributed by atoms with Crippen molar-refractivity contribution in [3.63, 3.8) is 0 Å². The molecule has 0 fully saturated rings. The van der Waals surface area contributed by atoms with Crippen molar-refractivity contribution in [1.29, 1.82) is 0 Å². The monoisotopic (exact) mass is 317 g/mol. The van der Waals surface area contributed by atoms with E-state index in [0.717, 1.165) is 28.9 Å². The average Bonchev–Trinajstić information content (AvgIpc) is 2.96. The van der Waals surface area contributed by atoms with Crippen LogP contribution >= 0.6 is 11.6 Å². The van der Waals surface area contributed by atoms with Gasteiger partial charge >= 0.3 is 6.09 Å². The Labute approximate surface area is 133 Å². The number of benzene rings is 1. The maximum Gasteiger partial charge on any atom is 0.410 e. The lowest BCUT2D eigenvalue weighted by atomic mass is 10.0. The summed E-state index contributed by atoms with van der Waals surface area (Å²) < 4.78 is 5.10. The van der Waals surface area contributed by atoms with Gasteiger partial charge < -0.3 is 9.64 Å². The molecule has 0 atom stereocenters. The average molecular weight is 318 g/mol. The van der Waals surface area contributed by atoms with Crippen LogP contribution in [0.4, 0.5) is 4.79 Å². The molecule has 1 aromatic heterocycles. The standard InChI is InChI=1S/C16H16ClN3O2/c1-2-9-22-16(21)20-8-7-14-13(10-20)15(19-18-14)11-3-5-12(17)6-4-11/h2-6H,1,7-10H2,(H,18,19). The number of rotatable bonds is 3. The van der Waals surface area contributed by atoms with Crippen LogP contribution < -0.4 is 0 Å². The molecule has 0 saturated carbocycles. The number of hydrogen-bond acceptors (Lipinski definition) is 3. The number of nitrogens with zero attached hydrogens (tertiary/aromatic N) is 2. The van der Waals surface area contributed by atoms with E-state index < -0.39 is 0 Å². The number of amides is 1. The Balaban J connectivity index is 1.84. The van der Waals surface area contributed by atoms with E-state index in [4.69, 9.17) is 16.3 Å². The van der Waals surface area contributed by atoms with E-state index in [1.807, 2.05) is 24.3 Å². The van der Waals surface area contributed by atoms with Crippen LogP contribution in [-0.4, -0.2) is 34.3 Å². The Bertz CT molecular complexity index is 694. The second-order valence-corrected chi connectivity index (χ2v) is 5.51. The van der Waals surface area contributed by atoms with Crippen LogP contribution in [-0.2, 0) is 17.7 Å². The number of nitrogens with one attached hydrogen (secondary N) is 1. The van der Waals surface area contributed by atoms with E-state index in [-0.39, 0.29) is 12.7 Å². The summed E-state index contributed by atoms with van der Waals surface area (Å²) in [5.74, 6) is 0. The minimum absolute atomic E-state index is 0.220. The molecule has 5 nitrogen and oxygen atoms in total. The fraction of sp³-hybridized carbons (Fsp3) is 0.250. The van der Waals surface area contributed by atoms with Gasteiger partial charge in [-0.05, 0) is 12.1 Å². The molecule has 22 heavy (non-hydrogen) atoms. The van der Waals surface area contributed by atoms with Gasteiger partial charge in [0.2, 0.25) is 0 Å². The Hall–Kier alpha value is -2.27. The Morgan fingerprint density at radius 2 is 2.23 bits per heavy atom. The normalized spacial score (nSPS) is 13.6. The largest absolute Gasteiger partial charge is 0.445 e. The first-order valence-electron chi connectivity index (χ1n) is 7.03. The third-order valence-corrected chi connectivity index (χ3v) is 3.89. The molecule has 2 heterocycles. The molecule has 1 N–H and O–H groups in total. The molecular weight excluding hydrogens is 302 g/mol. The Kier molecular flexibility index (Phi) is 4.15. The first-order chi connectivity index (χ1) is 10.7. The van der Waals surface area contributed by atoms with Crippen LogP contribution in [0, 0.1) is 0 Å². The summed E-state index contributed by atoms with van der Waals surface area (Å²) in [6.45, 7) is 4.87. The molecule has 6 heteroatoms. The quantitative estimate of drug-likeness (QED) is 0.883. The van der Waals surface area contributed by atoms with Crippen LogP contribution in [0.2, 0.25) is 5.02 Å². The van der Waals surface area contributed by atoms with E-state index in [2.05, 4.69) is 16.8 Å². The van der Waals surface area contributed by atoms with Gasteiger partial charge in [0.1, 0.15) is 6.61 Å². The molecular formula is C16H16ClN3O2. The molecule has 114 valence electrons. The maximum atomic E-state index is 12.0. The predicted octanol–water partition coefficient (Wildman–Crippen LogP) is 3.41. The van der Waals surface area contributed by atoms with Crippen molar-refractivity contribution in [2.75, 3.05) is 13.2 Å². The Morgan fingerprint density at radius 3 is 2.95 bits per heavy atom. The number of carbonyl (C=O) groups excluding carboxylic acids is 1.